The Balaban J connectivity index is 2.23. The molecule has 0 aliphatic carbocycles. The van der Waals surface area contributed by atoms with Crippen LogP contribution in [0.15, 0.2) is 18.3 Å². The van der Waals surface area contributed by atoms with E-state index < -0.39 is 0 Å². The SMILES string of the molecule is CC1CCCCN1C(=O)c1ncccc1C#CCCO. The van der Waals surface area contributed by atoms with Gasteiger partial charge in [-0.05, 0) is 38.3 Å². The average Bonchev–Trinajstić information content (AvgIpc) is 2.48. The van der Waals surface area contributed by atoms with E-state index in [0.29, 0.717) is 17.7 Å². The van der Waals surface area contributed by atoms with E-state index in [1.807, 2.05) is 4.90 Å². The van der Waals surface area contributed by atoms with Crippen LogP contribution in [0.1, 0.15) is 48.7 Å². The van der Waals surface area contributed by atoms with Gasteiger partial charge >= 0.3 is 0 Å². The number of hydrogen-bond acceptors (Lipinski definition) is 3. The van der Waals surface area contributed by atoms with Crippen LogP contribution in [0.5, 0.6) is 0 Å². The number of piperidine rings is 1. The Kier molecular flexibility index (Phi) is 5.14. The number of aliphatic hydroxyl groups is 1. The fourth-order valence-electron chi connectivity index (χ4n) is 2.43. The molecule has 0 aromatic carbocycles. The molecule has 0 bridgehead atoms. The van der Waals surface area contributed by atoms with Crippen LogP contribution in [0.25, 0.3) is 0 Å². The first-order valence-electron chi connectivity index (χ1n) is 7.09. The average molecular weight is 272 g/mol. The zero-order chi connectivity index (χ0) is 14.4. The van der Waals surface area contributed by atoms with Crippen molar-refractivity contribution in [3.63, 3.8) is 0 Å². The number of rotatable bonds is 2. The van der Waals surface area contributed by atoms with E-state index in [2.05, 4.69) is 23.7 Å². The third-order valence-electron chi connectivity index (χ3n) is 3.53. The van der Waals surface area contributed by atoms with Crippen molar-refractivity contribution in [2.45, 2.75) is 38.6 Å². The summed E-state index contributed by atoms with van der Waals surface area (Å²) in [6.45, 7) is 2.90. The molecule has 1 aliphatic rings. The minimum Gasteiger partial charge on any atom is -0.395 e. The minimum absolute atomic E-state index is 0.0275. The van der Waals surface area contributed by atoms with Crippen LogP contribution in [0.3, 0.4) is 0 Å². The number of pyridine rings is 1. The van der Waals surface area contributed by atoms with Crippen molar-refractivity contribution < 1.29 is 9.90 Å². The van der Waals surface area contributed by atoms with Gasteiger partial charge in [0.2, 0.25) is 0 Å². The van der Waals surface area contributed by atoms with Crippen LogP contribution in [-0.4, -0.2) is 40.1 Å². The van der Waals surface area contributed by atoms with Crippen molar-refractivity contribution in [1.29, 1.82) is 0 Å². The first kappa shape index (κ1) is 14.5. The quantitative estimate of drug-likeness (QED) is 0.836. The van der Waals surface area contributed by atoms with Crippen molar-refractivity contribution in [1.82, 2.24) is 9.88 Å². The highest BCUT2D eigenvalue weighted by molar-refractivity contribution is 5.95. The van der Waals surface area contributed by atoms with Gasteiger partial charge in [0.1, 0.15) is 5.69 Å². The van der Waals surface area contributed by atoms with Gasteiger partial charge < -0.3 is 10.0 Å². The second-order valence-corrected chi connectivity index (χ2v) is 5.02. The molecular formula is C16H20N2O2. The number of amides is 1. The smallest absolute Gasteiger partial charge is 0.273 e. The molecule has 1 unspecified atom stereocenters. The molecule has 106 valence electrons. The van der Waals surface area contributed by atoms with Gasteiger partial charge in [-0.15, -0.1) is 0 Å². The van der Waals surface area contributed by atoms with Crippen LogP contribution < -0.4 is 0 Å². The molecular weight excluding hydrogens is 252 g/mol. The van der Waals surface area contributed by atoms with Crippen molar-refractivity contribution in [3.8, 4) is 11.8 Å². The first-order valence-corrected chi connectivity index (χ1v) is 7.09. The molecule has 0 spiro atoms. The number of aliphatic hydroxyl groups excluding tert-OH is 1. The largest absolute Gasteiger partial charge is 0.395 e. The van der Waals surface area contributed by atoms with Gasteiger partial charge in [-0.25, -0.2) is 4.98 Å². The lowest BCUT2D eigenvalue weighted by Gasteiger charge is -2.33. The van der Waals surface area contributed by atoms with Crippen molar-refractivity contribution in [2.24, 2.45) is 0 Å². The maximum atomic E-state index is 12.6. The molecule has 1 saturated heterocycles. The monoisotopic (exact) mass is 272 g/mol. The van der Waals surface area contributed by atoms with Gasteiger partial charge in [0, 0.05) is 25.2 Å². The Morgan fingerprint density at radius 1 is 1.55 bits per heavy atom. The lowest BCUT2D eigenvalue weighted by Crippen LogP contribution is -2.42. The molecule has 20 heavy (non-hydrogen) atoms. The maximum absolute atomic E-state index is 12.6. The van der Waals surface area contributed by atoms with Gasteiger partial charge in [0.15, 0.2) is 0 Å². The van der Waals surface area contributed by atoms with Gasteiger partial charge in [0.05, 0.1) is 12.2 Å². The lowest BCUT2D eigenvalue weighted by atomic mass is 10.0. The van der Waals surface area contributed by atoms with Gasteiger partial charge in [-0.2, -0.15) is 0 Å². The summed E-state index contributed by atoms with van der Waals surface area (Å²) in [5, 5.41) is 8.77. The summed E-state index contributed by atoms with van der Waals surface area (Å²) in [7, 11) is 0. The van der Waals surface area contributed by atoms with Crippen molar-refractivity contribution in [3.05, 3.63) is 29.6 Å². The second kappa shape index (κ2) is 7.06. The molecule has 1 aromatic heterocycles. The summed E-state index contributed by atoms with van der Waals surface area (Å²) in [5.74, 6) is 5.74. The van der Waals surface area contributed by atoms with E-state index in [9.17, 15) is 4.79 Å². The standard InChI is InChI=1S/C16H20N2O2/c1-13-7-2-4-11-18(13)16(20)15-14(8-3-5-12-19)9-6-10-17-15/h6,9-10,13,19H,2,4-5,7,11-12H2,1H3. The fraction of sp³-hybridized carbons (Fsp3) is 0.500. The first-order chi connectivity index (χ1) is 9.74. The molecule has 1 atom stereocenters. The molecule has 2 rings (SSSR count). The summed E-state index contributed by atoms with van der Waals surface area (Å²) >= 11 is 0. The van der Waals surface area contributed by atoms with Gasteiger partial charge in [-0.3, -0.25) is 4.79 Å². The highest BCUT2D eigenvalue weighted by Gasteiger charge is 2.26. The van der Waals surface area contributed by atoms with Gasteiger partial charge in [0.25, 0.3) is 5.91 Å². The van der Waals surface area contributed by atoms with Crippen molar-refractivity contribution >= 4 is 5.91 Å². The number of nitrogens with zero attached hydrogens (tertiary/aromatic N) is 2. The highest BCUT2D eigenvalue weighted by atomic mass is 16.2. The third-order valence-corrected chi connectivity index (χ3v) is 3.53. The minimum atomic E-state index is -0.0360. The van der Waals surface area contributed by atoms with E-state index in [-0.39, 0.29) is 18.6 Å². The Morgan fingerprint density at radius 2 is 2.40 bits per heavy atom. The van der Waals surface area contributed by atoms with Crippen LogP contribution in [0.4, 0.5) is 0 Å². The summed E-state index contributed by atoms with van der Waals surface area (Å²) in [5.41, 5.74) is 1.07. The molecule has 4 heteroatoms. The molecule has 0 radical (unpaired) electrons. The number of carbonyl (C=O) groups excluding carboxylic acids is 1. The predicted molar refractivity (Wildman–Crippen MR) is 77.2 cm³/mol. The zero-order valence-electron chi connectivity index (χ0n) is 11.8. The number of carbonyl (C=O) groups is 1. The summed E-state index contributed by atoms with van der Waals surface area (Å²) in [6.07, 6.45) is 5.30. The van der Waals surface area contributed by atoms with Crippen LogP contribution in [-0.2, 0) is 0 Å². The van der Waals surface area contributed by atoms with E-state index >= 15 is 0 Å². The van der Waals surface area contributed by atoms with E-state index in [4.69, 9.17) is 5.11 Å². The predicted octanol–water partition coefficient (Wildman–Crippen LogP) is 1.83. The van der Waals surface area contributed by atoms with E-state index in [0.717, 1.165) is 19.4 Å². The topological polar surface area (TPSA) is 53.4 Å². The lowest BCUT2D eigenvalue weighted by molar-refractivity contribution is 0.0629. The van der Waals surface area contributed by atoms with Crippen LogP contribution >= 0.6 is 0 Å². The van der Waals surface area contributed by atoms with Crippen molar-refractivity contribution in [2.75, 3.05) is 13.2 Å². The number of likely N-dealkylation sites (tertiary alicyclic amines) is 1. The molecule has 2 heterocycles. The molecule has 1 amide bonds. The van der Waals surface area contributed by atoms with E-state index in [1.165, 1.54) is 6.42 Å². The summed E-state index contributed by atoms with van der Waals surface area (Å²) in [4.78, 5) is 18.7. The van der Waals surface area contributed by atoms with Crippen LogP contribution in [0.2, 0.25) is 0 Å². The Morgan fingerprint density at radius 3 is 3.15 bits per heavy atom. The second-order valence-electron chi connectivity index (χ2n) is 5.02. The summed E-state index contributed by atoms with van der Waals surface area (Å²) < 4.78 is 0. The molecule has 4 nitrogen and oxygen atoms in total. The molecule has 0 saturated carbocycles. The molecule has 1 aromatic rings. The number of hydrogen-bond donors (Lipinski definition) is 1. The Hall–Kier alpha value is -1.86. The van der Waals surface area contributed by atoms with Gasteiger partial charge in [-0.1, -0.05) is 11.8 Å². The molecule has 1 fully saturated rings. The molecule has 1 N–H and O–H groups in total. The normalized spacial score (nSPS) is 18.3. The zero-order valence-corrected chi connectivity index (χ0v) is 11.8. The fourth-order valence-corrected chi connectivity index (χ4v) is 2.43. The Bertz CT molecular complexity index is 531. The maximum Gasteiger partial charge on any atom is 0.273 e. The van der Waals surface area contributed by atoms with E-state index in [1.54, 1.807) is 18.3 Å². The molecule has 1 aliphatic heterocycles. The Labute approximate surface area is 119 Å². The third kappa shape index (κ3) is 3.37. The summed E-state index contributed by atoms with van der Waals surface area (Å²) in [6, 6.07) is 3.84. The number of aromatic nitrogens is 1. The van der Waals surface area contributed by atoms with Crippen LogP contribution in [0, 0.1) is 11.8 Å². The highest BCUT2D eigenvalue weighted by Crippen LogP contribution is 2.19.